The van der Waals surface area contributed by atoms with E-state index in [9.17, 15) is 14.7 Å². The smallest absolute Gasteiger partial charge is 0.311 e. The first-order chi connectivity index (χ1) is 9.36. The van der Waals surface area contributed by atoms with Crippen LogP contribution in [0.2, 0.25) is 0 Å². The molecule has 0 bridgehead atoms. The predicted octanol–water partition coefficient (Wildman–Crippen LogP) is 1.33. The Morgan fingerprint density at radius 3 is 2.60 bits per heavy atom. The number of hydrogen-bond acceptors (Lipinski definition) is 3. The summed E-state index contributed by atoms with van der Waals surface area (Å²) in [6, 6.07) is -0.129. The summed E-state index contributed by atoms with van der Waals surface area (Å²) < 4.78 is 0. The number of aliphatic carboxylic acids is 1. The van der Waals surface area contributed by atoms with Gasteiger partial charge in [-0.25, -0.2) is 0 Å². The summed E-state index contributed by atoms with van der Waals surface area (Å²) >= 11 is 0. The Labute approximate surface area is 120 Å². The van der Waals surface area contributed by atoms with Gasteiger partial charge in [-0.2, -0.15) is 0 Å². The Bertz CT molecular complexity index is 397. The molecule has 0 aromatic rings. The van der Waals surface area contributed by atoms with Crippen molar-refractivity contribution in [3.8, 4) is 0 Å². The first kappa shape index (κ1) is 15.3. The molecule has 5 heteroatoms. The van der Waals surface area contributed by atoms with E-state index in [0.717, 1.165) is 19.4 Å². The number of amides is 1. The third kappa shape index (κ3) is 2.68. The van der Waals surface area contributed by atoms with Gasteiger partial charge in [-0.1, -0.05) is 20.8 Å². The molecule has 0 radical (unpaired) electrons. The van der Waals surface area contributed by atoms with Gasteiger partial charge in [-0.3, -0.25) is 9.59 Å². The van der Waals surface area contributed by atoms with Crippen molar-refractivity contribution in [3.05, 3.63) is 0 Å². The monoisotopic (exact) mass is 282 g/mol. The molecule has 2 heterocycles. The van der Waals surface area contributed by atoms with E-state index in [1.54, 1.807) is 4.90 Å². The molecule has 0 saturated carbocycles. The number of carboxylic acid groups (broad SMARTS) is 1. The first-order valence-corrected chi connectivity index (χ1v) is 7.62. The average molecular weight is 282 g/mol. The maximum atomic E-state index is 12.5. The second-order valence-corrected chi connectivity index (χ2v) is 6.76. The van der Waals surface area contributed by atoms with Crippen LogP contribution in [-0.4, -0.2) is 47.6 Å². The molecule has 0 aromatic carbocycles. The van der Waals surface area contributed by atoms with Gasteiger partial charge in [0, 0.05) is 13.1 Å². The van der Waals surface area contributed by atoms with Crippen molar-refractivity contribution in [3.63, 3.8) is 0 Å². The number of carbonyl (C=O) groups excluding carboxylic acids is 1. The molecular formula is C15H26N2O3. The van der Waals surface area contributed by atoms with Crippen LogP contribution in [-0.2, 0) is 9.59 Å². The summed E-state index contributed by atoms with van der Waals surface area (Å²) in [4.78, 5) is 25.9. The molecule has 5 nitrogen and oxygen atoms in total. The third-order valence-corrected chi connectivity index (χ3v) is 5.11. The number of likely N-dealkylation sites (tertiary alicyclic amines) is 1. The van der Waals surface area contributed by atoms with E-state index in [1.807, 2.05) is 13.8 Å². The lowest BCUT2D eigenvalue weighted by atomic mass is 9.76. The number of piperidine rings is 1. The van der Waals surface area contributed by atoms with Crippen LogP contribution >= 0.6 is 0 Å². The van der Waals surface area contributed by atoms with E-state index in [4.69, 9.17) is 0 Å². The fraction of sp³-hybridized carbons (Fsp3) is 0.867. The van der Waals surface area contributed by atoms with E-state index in [1.165, 1.54) is 0 Å². The van der Waals surface area contributed by atoms with E-state index in [2.05, 4.69) is 12.2 Å². The SMILES string of the molecule is CC1CCNC(C(=O)N2CCC(C(=O)O)(C(C)C)C2)C1. The Morgan fingerprint density at radius 1 is 1.40 bits per heavy atom. The standard InChI is InChI=1S/C15H26N2O3/c1-10(2)15(14(19)20)5-7-17(9-15)13(18)12-8-11(3)4-6-16-12/h10-12,16H,4-9H2,1-3H3,(H,19,20). The topological polar surface area (TPSA) is 69.6 Å². The highest BCUT2D eigenvalue weighted by Crippen LogP contribution is 2.38. The molecule has 2 saturated heterocycles. The Hall–Kier alpha value is -1.10. The van der Waals surface area contributed by atoms with Gasteiger partial charge in [-0.05, 0) is 37.6 Å². The van der Waals surface area contributed by atoms with Gasteiger partial charge < -0.3 is 15.3 Å². The Balaban J connectivity index is 2.04. The van der Waals surface area contributed by atoms with Gasteiger partial charge in [0.15, 0.2) is 0 Å². The molecule has 0 spiro atoms. The minimum atomic E-state index is -0.771. The second-order valence-electron chi connectivity index (χ2n) is 6.76. The molecule has 2 fully saturated rings. The van der Waals surface area contributed by atoms with Crippen molar-refractivity contribution in [1.82, 2.24) is 10.2 Å². The van der Waals surface area contributed by atoms with E-state index >= 15 is 0 Å². The van der Waals surface area contributed by atoms with Crippen LogP contribution < -0.4 is 5.32 Å². The molecule has 2 aliphatic heterocycles. The second kappa shape index (κ2) is 5.72. The number of nitrogens with zero attached hydrogens (tertiary/aromatic N) is 1. The minimum absolute atomic E-state index is 0.0380. The van der Waals surface area contributed by atoms with Crippen LogP contribution in [0.4, 0.5) is 0 Å². The Kier molecular flexibility index (Phi) is 4.37. The summed E-state index contributed by atoms with van der Waals surface area (Å²) in [6.45, 7) is 7.83. The van der Waals surface area contributed by atoms with Crippen LogP contribution in [0.25, 0.3) is 0 Å². The van der Waals surface area contributed by atoms with Crippen LogP contribution in [0.1, 0.15) is 40.0 Å². The maximum absolute atomic E-state index is 12.5. The summed E-state index contributed by atoms with van der Waals surface area (Å²) in [5.41, 5.74) is -0.768. The van der Waals surface area contributed by atoms with Gasteiger partial charge in [0.25, 0.3) is 0 Å². The molecule has 3 unspecified atom stereocenters. The van der Waals surface area contributed by atoms with Crippen molar-refractivity contribution in [2.45, 2.75) is 46.1 Å². The molecular weight excluding hydrogens is 256 g/mol. The number of rotatable bonds is 3. The highest BCUT2D eigenvalue weighted by atomic mass is 16.4. The number of hydrogen-bond donors (Lipinski definition) is 2. The summed E-state index contributed by atoms with van der Waals surface area (Å²) in [5, 5.41) is 12.8. The van der Waals surface area contributed by atoms with Gasteiger partial charge >= 0.3 is 5.97 Å². The molecule has 2 rings (SSSR count). The highest BCUT2D eigenvalue weighted by Gasteiger charge is 2.49. The lowest BCUT2D eigenvalue weighted by Crippen LogP contribution is -2.50. The molecule has 114 valence electrons. The average Bonchev–Trinajstić information content (AvgIpc) is 2.84. The third-order valence-electron chi connectivity index (χ3n) is 5.11. The molecule has 1 amide bonds. The zero-order valence-corrected chi connectivity index (χ0v) is 12.7. The summed E-state index contributed by atoms with van der Waals surface area (Å²) in [6.07, 6.45) is 2.53. The quantitative estimate of drug-likeness (QED) is 0.819. The first-order valence-electron chi connectivity index (χ1n) is 7.62. The van der Waals surface area contributed by atoms with Crippen molar-refractivity contribution in [2.24, 2.45) is 17.3 Å². The number of nitrogens with one attached hydrogen (secondary N) is 1. The van der Waals surface area contributed by atoms with Gasteiger partial charge in [0.2, 0.25) is 5.91 Å². The molecule has 3 atom stereocenters. The van der Waals surface area contributed by atoms with Crippen molar-refractivity contribution < 1.29 is 14.7 Å². The van der Waals surface area contributed by atoms with Gasteiger partial charge in [-0.15, -0.1) is 0 Å². The molecule has 2 aliphatic rings. The van der Waals surface area contributed by atoms with E-state index < -0.39 is 11.4 Å². The fourth-order valence-corrected chi connectivity index (χ4v) is 3.43. The van der Waals surface area contributed by atoms with Crippen molar-refractivity contribution in [1.29, 1.82) is 0 Å². The van der Waals surface area contributed by atoms with Gasteiger partial charge in [0.1, 0.15) is 0 Å². The summed E-state index contributed by atoms with van der Waals surface area (Å²) in [7, 11) is 0. The molecule has 2 N–H and O–H groups in total. The van der Waals surface area contributed by atoms with E-state index in [0.29, 0.717) is 25.4 Å². The van der Waals surface area contributed by atoms with Crippen LogP contribution in [0.15, 0.2) is 0 Å². The molecule has 0 aliphatic carbocycles. The zero-order valence-electron chi connectivity index (χ0n) is 12.7. The lowest BCUT2D eigenvalue weighted by Gasteiger charge is -2.32. The predicted molar refractivity (Wildman–Crippen MR) is 76.3 cm³/mol. The van der Waals surface area contributed by atoms with Crippen LogP contribution in [0.5, 0.6) is 0 Å². The van der Waals surface area contributed by atoms with Crippen molar-refractivity contribution in [2.75, 3.05) is 19.6 Å². The maximum Gasteiger partial charge on any atom is 0.311 e. The summed E-state index contributed by atoms with van der Waals surface area (Å²) in [5.74, 6) is -0.0914. The zero-order chi connectivity index (χ0) is 14.9. The molecule has 0 aromatic heterocycles. The molecule has 20 heavy (non-hydrogen) atoms. The Morgan fingerprint density at radius 2 is 2.10 bits per heavy atom. The highest BCUT2D eigenvalue weighted by molar-refractivity contribution is 5.84. The normalized spacial score (nSPS) is 34.5. The number of carbonyl (C=O) groups is 2. The van der Waals surface area contributed by atoms with Crippen LogP contribution in [0, 0.1) is 17.3 Å². The number of carboxylic acids is 1. The lowest BCUT2D eigenvalue weighted by molar-refractivity contribution is -0.151. The van der Waals surface area contributed by atoms with Crippen molar-refractivity contribution >= 4 is 11.9 Å². The largest absolute Gasteiger partial charge is 0.481 e. The van der Waals surface area contributed by atoms with Crippen LogP contribution in [0.3, 0.4) is 0 Å². The minimum Gasteiger partial charge on any atom is -0.481 e. The van der Waals surface area contributed by atoms with Gasteiger partial charge in [0.05, 0.1) is 11.5 Å². The van der Waals surface area contributed by atoms with E-state index in [-0.39, 0.29) is 17.9 Å². The fourth-order valence-electron chi connectivity index (χ4n) is 3.43.